The van der Waals surface area contributed by atoms with Gasteiger partial charge in [0.2, 0.25) is 5.91 Å². The van der Waals surface area contributed by atoms with E-state index in [4.69, 9.17) is 4.74 Å². The Morgan fingerprint density at radius 1 is 1.00 bits per heavy atom. The summed E-state index contributed by atoms with van der Waals surface area (Å²) in [5.74, 6) is 1.55. The predicted molar refractivity (Wildman–Crippen MR) is 103 cm³/mol. The molecule has 1 heterocycles. The fourth-order valence-corrected chi connectivity index (χ4v) is 2.62. The number of aryl methyl sites for hydroxylation is 2. The van der Waals surface area contributed by atoms with Crippen molar-refractivity contribution in [1.82, 2.24) is 4.98 Å². The average molecular weight is 346 g/mol. The second kappa shape index (κ2) is 8.81. The van der Waals surface area contributed by atoms with Crippen molar-refractivity contribution in [2.75, 3.05) is 5.32 Å². The van der Waals surface area contributed by atoms with E-state index < -0.39 is 0 Å². The van der Waals surface area contributed by atoms with Crippen molar-refractivity contribution in [2.24, 2.45) is 0 Å². The van der Waals surface area contributed by atoms with Gasteiger partial charge in [-0.25, -0.2) is 0 Å². The molecule has 0 bridgehead atoms. The Labute approximate surface area is 153 Å². The molecule has 1 aromatic heterocycles. The molecule has 0 radical (unpaired) electrons. The molecule has 2 aromatic carbocycles. The van der Waals surface area contributed by atoms with Crippen LogP contribution in [0.2, 0.25) is 0 Å². The molecule has 3 rings (SSSR count). The highest BCUT2D eigenvalue weighted by Gasteiger charge is 2.04. The third kappa shape index (κ3) is 5.45. The Kier molecular flexibility index (Phi) is 5.99. The third-order valence-corrected chi connectivity index (χ3v) is 3.93. The molecular weight excluding hydrogens is 324 g/mol. The van der Waals surface area contributed by atoms with E-state index >= 15 is 0 Å². The number of amides is 1. The lowest BCUT2D eigenvalue weighted by Gasteiger charge is -2.08. The van der Waals surface area contributed by atoms with Gasteiger partial charge in [-0.15, -0.1) is 0 Å². The van der Waals surface area contributed by atoms with E-state index in [1.165, 1.54) is 0 Å². The van der Waals surface area contributed by atoms with Gasteiger partial charge in [-0.05, 0) is 73.9 Å². The molecular formula is C22H22N2O2. The lowest BCUT2D eigenvalue weighted by Crippen LogP contribution is -2.11. The van der Waals surface area contributed by atoms with Crippen molar-refractivity contribution in [3.63, 3.8) is 0 Å². The molecule has 1 amide bonds. The van der Waals surface area contributed by atoms with Crippen molar-refractivity contribution < 1.29 is 9.53 Å². The van der Waals surface area contributed by atoms with E-state index in [0.717, 1.165) is 41.3 Å². The Morgan fingerprint density at radius 2 is 1.85 bits per heavy atom. The fourth-order valence-electron chi connectivity index (χ4n) is 2.62. The van der Waals surface area contributed by atoms with Gasteiger partial charge in [0.05, 0.1) is 0 Å². The van der Waals surface area contributed by atoms with Crippen LogP contribution in [0.25, 0.3) is 0 Å². The summed E-state index contributed by atoms with van der Waals surface area (Å²) in [5, 5.41) is 2.91. The molecule has 3 aromatic rings. The number of nitrogens with zero attached hydrogens (tertiary/aromatic N) is 1. The molecule has 0 aliphatic heterocycles. The lowest BCUT2D eigenvalue weighted by molar-refractivity contribution is -0.116. The molecule has 4 nitrogen and oxygen atoms in total. The van der Waals surface area contributed by atoms with Crippen molar-refractivity contribution in [2.45, 2.75) is 26.2 Å². The van der Waals surface area contributed by atoms with E-state index in [2.05, 4.69) is 10.3 Å². The van der Waals surface area contributed by atoms with Gasteiger partial charge < -0.3 is 10.1 Å². The number of rotatable bonds is 7. The minimum atomic E-state index is 0.00767. The Bertz CT molecular complexity index is 846. The average Bonchev–Trinajstić information content (AvgIpc) is 2.64. The zero-order chi connectivity index (χ0) is 18.2. The minimum Gasteiger partial charge on any atom is -0.457 e. The summed E-state index contributed by atoms with van der Waals surface area (Å²) in [6.45, 7) is 2.03. The first-order valence-electron chi connectivity index (χ1n) is 8.73. The van der Waals surface area contributed by atoms with Crippen LogP contribution in [0.4, 0.5) is 5.69 Å². The summed E-state index contributed by atoms with van der Waals surface area (Å²) >= 11 is 0. The number of aromatic nitrogens is 1. The normalized spacial score (nSPS) is 10.3. The van der Waals surface area contributed by atoms with Gasteiger partial charge in [0.15, 0.2) is 0 Å². The molecule has 132 valence electrons. The molecule has 0 aliphatic carbocycles. The number of carbonyl (C=O) groups excluding carboxylic acids is 1. The van der Waals surface area contributed by atoms with Crippen LogP contribution < -0.4 is 10.1 Å². The molecule has 26 heavy (non-hydrogen) atoms. The van der Waals surface area contributed by atoms with Crippen molar-refractivity contribution >= 4 is 11.6 Å². The number of hydrogen-bond acceptors (Lipinski definition) is 3. The van der Waals surface area contributed by atoms with Crippen LogP contribution in [0.15, 0.2) is 72.9 Å². The summed E-state index contributed by atoms with van der Waals surface area (Å²) in [6, 6.07) is 21.1. The lowest BCUT2D eigenvalue weighted by atomic mass is 10.1. The maximum atomic E-state index is 12.1. The minimum absolute atomic E-state index is 0.00767. The van der Waals surface area contributed by atoms with Crippen LogP contribution in [0.1, 0.15) is 24.1 Å². The Hall–Kier alpha value is -3.14. The maximum absolute atomic E-state index is 12.1. The fraction of sp³-hybridized carbons (Fsp3) is 0.182. The predicted octanol–water partition coefficient (Wildman–Crippen LogP) is 5.14. The van der Waals surface area contributed by atoms with Crippen LogP contribution in [0, 0.1) is 6.92 Å². The topological polar surface area (TPSA) is 51.2 Å². The van der Waals surface area contributed by atoms with Crippen molar-refractivity contribution in [3.05, 3.63) is 84.2 Å². The molecule has 0 spiro atoms. The number of anilines is 1. The van der Waals surface area contributed by atoms with Crippen LogP contribution in [-0.2, 0) is 11.2 Å². The number of hydrogen-bond donors (Lipinski definition) is 1. The van der Waals surface area contributed by atoms with E-state index in [1.807, 2.05) is 73.7 Å². The highest BCUT2D eigenvalue weighted by Crippen LogP contribution is 2.23. The molecule has 0 unspecified atom stereocenters. The highest BCUT2D eigenvalue weighted by molar-refractivity contribution is 5.90. The van der Waals surface area contributed by atoms with Crippen LogP contribution >= 0.6 is 0 Å². The van der Waals surface area contributed by atoms with Crippen LogP contribution in [0.5, 0.6) is 11.5 Å². The molecule has 1 N–H and O–H groups in total. The first-order chi connectivity index (χ1) is 12.7. The van der Waals surface area contributed by atoms with Crippen molar-refractivity contribution in [1.29, 1.82) is 0 Å². The second-order valence-electron chi connectivity index (χ2n) is 6.17. The molecule has 0 fully saturated rings. The number of nitrogens with one attached hydrogen (secondary N) is 1. The van der Waals surface area contributed by atoms with Gasteiger partial charge >= 0.3 is 0 Å². The van der Waals surface area contributed by atoms with Gasteiger partial charge in [0.1, 0.15) is 11.5 Å². The molecule has 4 heteroatoms. The van der Waals surface area contributed by atoms with E-state index in [-0.39, 0.29) is 5.91 Å². The van der Waals surface area contributed by atoms with Gasteiger partial charge in [-0.2, -0.15) is 0 Å². The monoisotopic (exact) mass is 346 g/mol. The van der Waals surface area contributed by atoms with E-state index in [9.17, 15) is 4.79 Å². The smallest absolute Gasteiger partial charge is 0.224 e. The molecule has 0 saturated carbocycles. The quantitative estimate of drug-likeness (QED) is 0.644. The first-order valence-corrected chi connectivity index (χ1v) is 8.73. The van der Waals surface area contributed by atoms with Gasteiger partial charge in [-0.1, -0.05) is 18.2 Å². The Morgan fingerprint density at radius 3 is 2.58 bits per heavy atom. The summed E-state index contributed by atoms with van der Waals surface area (Å²) in [5.41, 5.74) is 2.93. The largest absolute Gasteiger partial charge is 0.457 e. The van der Waals surface area contributed by atoms with Crippen LogP contribution in [-0.4, -0.2) is 10.9 Å². The van der Waals surface area contributed by atoms with E-state index in [1.54, 1.807) is 6.20 Å². The maximum Gasteiger partial charge on any atom is 0.224 e. The first kappa shape index (κ1) is 17.7. The zero-order valence-corrected chi connectivity index (χ0v) is 14.8. The zero-order valence-electron chi connectivity index (χ0n) is 14.8. The number of benzene rings is 2. The molecule has 0 atom stereocenters. The highest BCUT2D eigenvalue weighted by atomic mass is 16.5. The van der Waals surface area contributed by atoms with Gasteiger partial charge in [-0.3, -0.25) is 9.78 Å². The third-order valence-electron chi connectivity index (χ3n) is 3.93. The summed E-state index contributed by atoms with van der Waals surface area (Å²) in [7, 11) is 0. The van der Waals surface area contributed by atoms with Gasteiger partial charge in [0, 0.05) is 24.0 Å². The van der Waals surface area contributed by atoms with Crippen LogP contribution in [0.3, 0.4) is 0 Å². The molecule has 0 saturated heterocycles. The number of carbonyl (C=O) groups is 1. The standard InChI is InChI=1S/C22H22N2O2/c1-17-6-4-9-21(16-17)26-20-13-11-19(12-14-20)24-22(25)10-5-8-18-7-2-3-15-23-18/h2-4,6-7,9,11-16H,5,8,10H2,1H3,(H,24,25). The Balaban J connectivity index is 1.46. The second-order valence-corrected chi connectivity index (χ2v) is 6.17. The summed E-state index contributed by atoms with van der Waals surface area (Å²) in [4.78, 5) is 16.3. The number of ether oxygens (including phenoxy) is 1. The van der Waals surface area contributed by atoms with E-state index in [0.29, 0.717) is 6.42 Å². The summed E-state index contributed by atoms with van der Waals surface area (Å²) in [6.07, 6.45) is 3.82. The summed E-state index contributed by atoms with van der Waals surface area (Å²) < 4.78 is 5.81. The van der Waals surface area contributed by atoms with Crippen molar-refractivity contribution in [3.8, 4) is 11.5 Å². The number of pyridine rings is 1. The van der Waals surface area contributed by atoms with Gasteiger partial charge in [0.25, 0.3) is 0 Å². The molecule has 0 aliphatic rings. The SMILES string of the molecule is Cc1cccc(Oc2ccc(NC(=O)CCCc3ccccn3)cc2)c1.